The van der Waals surface area contributed by atoms with Crippen molar-refractivity contribution in [1.29, 1.82) is 0 Å². The fraction of sp³-hybridized carbons (Fsp3) is 0.529. The third-order valence-corrected chi connectivity index (χ3v) is 4.57. The largest absolute Gasteiger partial charge is 0.354 e. The van der Waals surface area contributed by atoms with E-state index in [0.717, 1.165) is 36.2 Å². The zero-order valence-electron chi connectivity index (χ0n) is 13.1. The molecule has 2 aromatic rings. The molecule has 1 fully saturated rings. The third-order valence-electron chi connectivity index (χ3n) is 4.57. The number of para-hydroxylation sites is 1. The van der Waals surface area contributed by atoms with Crippen LogP contribution in [0.15, 0.2) is 24.3 Å². The van der Waals surface area contributed by atoms with Gasteiger partial charge in [-0.1, -0.05) is 31.5 Å². The highest BCUT2D eigenvalue weighted by atomic mass is 16.1. The highest BCUT2D eigenvalue weighted by molar-refractivity contribution is 5.87. The van der Waals surface area contributed by atoms with Gasteiger partial charge in [-0.25, -0.2) is 0 Å². The highest BCUT2D eigenvalue weighted by Crippen LogP contribution is 2.17. The third kappa shape index (κ3) is 3.30. The molecule has 0 radical (unpaired) electrons. The number of likely N-dealkylation sites (tertiary alicyclic amines) is 1. The van der Waals surface area contributed by atoms with Gasteiger partial charge in [-0.2, -0.15) is 5.10 Å². The van der Waals surface area contributed by atoms with Crippen LogP contribution in [0.25, 0.3) is 10.9 Å². The average Bonchev–Trinajstić information content (AvgIpc) is 2.96. The van der Waals surface area contributed by atoms with E-state index in [0.29, 0.717) is 12.5 Å². The van der Waals surface area contributed by atoms with E-state index in [4.69, 9.17) is 0 Å². The summed E-state index contributed by atoms with van der Waals surface area (Å²) >= 11 is 0. The van der Waals surface area contributed by atoms with Crippen LogP contribution in [-0.2, 0) is 11.2 Å². The van der Waals surface area contributed by atoms with Crippen molar-refractivity contribution < 1.29 is 4.79 Å². The van der Waals surface area contributed by atoms with E-state index in [-0.39, 0.29) is 5.91 Å². The van der Waals surface area contributed by atoms with Crippen LogP contribution in [0.1, 0.15) is 31.9 Å². The van der Waals surface area contributed by atoms with Crippen molar-refractivity contribution in [2.45, 2.75) is 38.6 Å². The minimum absolute atomic E-state index is 0.0658. The van der Waals surface area contributed by atoms with Crippen LogP contribution in [0, 0.1) is 0 Å². The van der Waals surface area contributed by atoms with E-state index in [2.05, 4.69) is 27.3 Å². The number of piperidine rings is 1. The summed E-state index contributed by atoms with van der Waals surface area (Å²) in [5.74, 6) is 0.0658. The Balaban J connectivity index is 1.56. The van der Waals surface area contributed by atoms with Crippen molar-refractivity contribution in [3.8, 4) is 0 Å². The number of nitrogens with one attached hydrogen (secondary N) is 2. The highest BCUT2D eigenvalue weighted by Gasteiger charge is 2.21. The number of carbonyl (C=O) groups is 1. The second kappa shape index (κ2) is 6.92. The number of hydrogen-bond donors (Lipinski definition) is 2. The predicted octanol–water partition coefficient (Wildman–Crippen LogP) is 2.10. The van der Waals surface area contributed by atoms with Gasteiger partial charge >= 0.3 is 0 Å². The van der Waals surface area contributed by atoms with Gasteiger partial charge < -0.3 is 5.32 Å². The van der Waals surface area contributed by atoms with Crippen molar-refractivity contribution in [3.63, 3.8) is 0 Å². The Bertz CT molecular complexity index is 636. The monoisotopic (exact) mass is 300 g/mol. The number of H-pyrrole nitrogens is 1. The molecule has 0 aliphatic carbocycles. The second-order valence-corrected chi connectivity index (χ2v) is 5.98. The fourth-order valence-corrected chi connectivity index (χ4v) is 3.31. The van der Waals surface area contributed by atoms with Gasteiger partial charge in [0.05, 0.1) is 17.6 Å². The molecule has 1 unspecified atom stereocenters. The van der Waals surface area contributed by atoms with Gasteiger partial charge in [-0.05, 0) is 32.0 Å². The predicted molar refractivity (Wildman–Crippen MR) is 87.7 cm³/mol. The molecule has 5 nitrogen and oxygen atoms in total. The van der Waals surface area contributed by atoms with Crippen molar-refractivity contribution in [2.75, 3.05) is 19.6 Å². The normalized spacial score (nSPS) is 19.4. The summed E-state index contributed by atoms with van der Waals surface area (Å²) in [5, 5.41) is 11.3. The lowest BCUT2D eigenvalue weighted by Crippen LogP contribution is -2.46. The fourth-order valence-electron chi connectivity index (χ4n) is 3.31. The van der Waals surface area contributed by atoms with E-state index in [1.807, 2.05) is 24.3 Å². The summed E-state index contributed by atoms with van der Waals surface area (Å²) in [5.41, 5.74) is 1.80. The zero-order valence-corrected chi connectivity index (χ0v) is 13.1. The maximum absolute atomic E-state index is 12.2. The lowest BCUT2D eigenvalue weighted by Gasteiger charge is -2.34. The van der Waals surface area contributed by atoms with E-state index in [1.54, 1.807) is 0 Å². The number of hydrogen-bond acceptors (Lipinski definition) is 3. The van der Waals surface area contributed by atoms with Crippen molar-refractivity contribution in [3.05, 3.63) is 30.0 Å². The van der Waals surface area contributed by atoms with Crippen LogP contribution in [0.5, 0.6) is 0 Å². The zero-order chi connectivity index (χ0) is 15.4. The molecule has 0 saturated carbocycles. The molecule has 0 spiro atoms. The minimum Gasteiger partial charge on any atom is -0.354 e. The van der Waals surface area contributed by atoms with Crippen LogP contribution in [0.3, 0.4) is 0 Å². The maximum Gasteiger partial charge on any atom is 0.226 e. The van der Waals surface area contributed by atoms with E-state index in [1.165, 1.54) is 19.3 Å². The van der Waals surface area contributed by atoms with Crippen molar-refractivity contribution >= 4 is 16.8 Å². The van der Waals surface area contributed by atoms with Gasteiger partial charge in [-0.15, -0.1) is 0 Å². The molecule has 1 aromatic heterocycles. The van der Waals surface area contributed by atoms with Crippen LogP contribution in [0.4, 0.5) is 0 Å². The first-order chi connectivity index (χ1) is 10.8. The Morgan fingerprint density at radius 2 is 2.27 bits per heavy atom. The van der Waals surface area contributed by atoms with Crippen LogP contribution >= 0.6 is 0 Å². The number of carbonyl (C=O) groups excluding carboxylic acids is 1. The van der Waals surface area contributed by atoms with E-state index >= 15 is 0 Å². The SMILES string of the molecule is CCN1CCCCC1CNC(=O)Cc1[nH]nc2ccccc12. The molecule has 1 amide bonds. The smallest absolute Gasteiger partial charge is 0.226 e. The van der Waals surface area contributed by atoms with E-state index < -0.39 is 0 Å². The van der Waals surface area contributed by atoms with Gasteiger partial charge in [0.1, 0.15) is 0 Å². The lowest BCUT2D eigenvalue weighted by atomic mass is 10.0. The average molecular weight is 300 g/mol. The minimum atomic E-state index is 0.0658. The molecule has 0 bridgehead atoms. The number of amides is 1. The molecular formula is C17H24N4O. The van der Waals surface area contributed by atoms with Gasteiger partial charge in [0, 0.05) is 18.0 Å². The van der Waals surface area contributed by atoms with Gasteiger partial charge in [0.15, 0.2) is 0 Å². The molecule has 2 N–H and O–H groups in total. The van der Waals surface area contributed by atoms with Crippen molar-refractivity contribution in [1.82, 2.24) is 20.4 Å². The first-order valence-electron chi connectivity index (χ1n) is 8.20. The Labute approximate surface area is 131 Å². The number of nitrogens with zero attached hydrogens (tertiary/aromatic N) is 2. The first-order valence-corrected chi connectivity index (χ1v) is 8.20. The molecule has 118 valence electrons. The van der Waals surface area contributed by atoms with Gasteiger partial charge in [0.2, 0.25) is 5.91 Å². The number of aromatic amines is 1. The summed E-state index contributed by atoms with van der Waals surface area (Å²) in [6, 6.07) is 8.37. The molecule has 1 saturated heterocycles. The molecule has 5 heteroatoms. The Morgan fingerprint density at radius 1 is 1.41 bits per heavy atom. The number of likely N-dealkylation sites (N-methyl/N-ethyl adjacent to an activating group) is 1. The molecule has 1 aromatic carbocycles. The van der Waals surface area contributed by atoms with Crippen LogP contribution in [-0.4, -0.2) is 46.7 Å². The molecule has 3 rings (SSSR count). The Hall–Kier alpha value is -1.88. The van der Waals surface area contributed by atoms with Crippen LogP contribution in [0.2, 0.25) is 0 Å². The Kier molecular flexibility index (Phi) is 4.73. The summed E-state index contributed by atoms with van der Waals surface area (Å²) in [4.78, 5) is 14.7. The molecule has 2 heterocycles. The molecule has 22 heavy (non-hydrogen) atoms. The van der Waals surface area contributed by atoms with Gasteiger partial charge in [0.25, 0.3) is 0 Å². The topological polar surface area (TPSA) is 61.0 Å². The van der Waals surface area contributed by atoms with Gasteiger partial charge in [-0.3, -0.25) is 14.8 Å². The number of aromatic nitrogens is 2. The number of benzene rings is 1. The molecule has 1 aliphatic heterocycles. The Morgan fingerprint density at radius 3 is 3.14 bits per heavy atom. The number of rotatable bonds is 5. The van der Waals surface area contributed by atoms with Crippen LogP contribution < -0.4 is 5.32 Å². The second-order valence-electron chi connectivity index (χ2n) is 5.98. The summed E-state index contributed by atoms with van der Waals surface area (Å²) in [6.45, 7) is 5.16. The summed E-state index contributed by atoms with van der Waals surface area (Å²) in [6.07, 6.45) is 4.08. The lowest BCUT2D eigenvalue weighted by molar-refractivity contribution is -0.120. The molecular weight excluding hydrogens is 276 g/mol. The molecule has 1 aliphatic rings. The molecule has 1 atom stereocenters. The standard InChI is InChI=1S/C17H24N4O/c1-2-21-10-6-5-7-13(21)12-18-17(22)11-16-14-8-3-4-9-15(14)19-20-16/h3-4,8-9,13H,2,5-7,10-12H2,1H3,(H,18,22)(H,19,20). The van der Waals surface area contributed by atoms with Crippen molar-refractivity contribution in [2.24, 2.45) is 0 Å². The number of fused-ring (bicyclic) bond motifs is 1. The summed E-state index contributed by atoms with van der Waals surface area (Å²) in [7, 11) is 0. The maximum atomic E-state index is 12.2. The first kappa shape index (κ1) is 15.0. The quantitative estimate of drug-likeness (QED) is 0.889. The van der Waals surface area contributed by atoms with E-state index in [9.17, 15) is 4.79 Å². The summed E-state index contributed by atoms with van der Waals surface area (Å²) < 4.78 is 0.